The van der Waals surface area contributed by atoms with Crippen molar-refractivity contribution in [3.63, 3.8) is 0 Å². The molecule has 2 aromatic rings. The number of aromatic nitrogens is 2. The summed E-state index contributed by atoms with van der Waals surface area (Å²) in [5.41, 5.74) is 8.19. The van der Waals surface area contributed by atoms with Crippen LogP contribution >= 0.6 is 0 Å². The summed E-state index contributed by atoms with van der Waals surface area (Å²) in [5.74, 6) is 1.99. The van der Waals surface area contributed by atoms with E-state index < -0.39 is 0 Å². The highest BCUT2D eigenvalue weighted by atomic mass is 15.1. The van der Waals surface area contributed by atoms with Crippen molar-refractivity contribution < 1.29 is 0 Å². The van der Waals surface area contributed by atoms with Crippen molar-refractivity contribution in [3.8, 4) is 0 Å². The summed E-state index contributed by atoms with van der Waals surface area (Å²) < 4.78 is 0. The van der Waals surface area contributed by atoms with Crippen molar-refractivity contribution in [2.24, 2.45) is 0 Å². The average molecular weight is 270 g/mol. The van der Waals surface area contributed by atoms with Crippen LogP contribution in [0.25, 0.3) is 0 Å². The standard InChI is InChI=1S/C16H22N4/c1-5-14-19-13(17)10-15(20-14)18-12-9-7-6-8-11(12)16(2,3)4/h6-10H,5H2,1-4H3,(H3,17,18,19,20). The minimum absolute atomic E-state index is 0.0652. The Bertz CT molecular complexity index is 600. The average Bonchev–Trinajstić information content (AvgIpc) is 2.37. The number of nitrogens with zero attached hydrogens (tertiary/aromatic N) is 2. The molecule has 4 nitrogen and oxygen atoms in total. The minimum atomic E-state index is 0.0652. The first-order valence-corrected chi connectivity index (χ1v) is 6.90. The van der Waals surface area contributed by atoms with E-state index in [1.54, 1.807) is 6.07 Å². The second-order valence-electron chi connectivity index (χ2n) is 5.87. The van der Waals surface area contributed by atoms with Crippen LogP contribution in [0.5, 0.6) is 0 Å². The summed E-state index contributed by atoms with van der Waals surface area (Å²) in [6.45, 7) is 8.60. The van der Waals surface area contributed by atoms with Crippen molar-refractivity contribution in [2.75, 3.05) is 11.1 Å². The van der Waals surface area contributed by atoms with Gasteiger partial charge in [-0.3, -0.25) is 0 Å². The quantitative estimate of drug-likeness (QED) is 0.893. The number of aryl methyl sites for hydroxylation is 1. The van der Waals surface area contributed by atoms with Gasteiger partial charge in [-0.2, -0.15) is 0 Å². The molecule has 106 valence electrons. The molecule has 0 saturated carbocycles. The normalized spacial score (nSPS) is 11.4. The van der Waals surface area contributed by atoms with Gasteiger partial charge in [-0.15, -0.1) is 0 Å². The molecule has 4 heteroatoms. The molecule has 0 fully saturated rings. The predicted octanol–water partition coefficient (Wildman–Crippen LogP) is 3.66. The van der Waals surface area contributed by atoms with Gasteiger partial charge in [0.2, 0.25) is 0 Å². The molecule has 0 aliphatic carbocycles. The maximum absolute atomic E-state index is 5.82. The number of para-hydroxylation sites is 1. The van der Waals surface area contributed by atoms with Gasteiger partial charge >= 0.3 is 0 Å². The zero-order valence-electron chi connectivity index (χ0n) is 12.6. The Balaban J connectivity index is 2.38. The number of rotatable bonds is 3. The fourth-order valence-corrected chi connectivity index (χ4v) is 2.12. The van der Waals surface area contributed by atoms with Gasteiger partial charge in [-0.25, -0.2) is 9.97 Å². The number of nitrogens with two attached hydrogens (primary N) is 1. The molecule has 1 aromatic carbocycles. The smallest absolute Gasteiger partial charge is 0.136 e. The summed E-state index contributed by atoms with van der Waals surface area (Å²) in [4.78, 5) is 8.66. The van der Waals surface area contributed by atoms with Crippen LogP contribution in [0.3, 0.4) is 0 Å². The summed E-state index contributed by atoms with van der Waals surface area (Å²) >= 11 is 0. The van der Waals surface area contributed by atoms with E-state index >= 15 is 0 Å². The van der Waals surface area contributed by atoms with E-state index in [9.17, 15) is 0 Å². The van der Waals surface area contributed by atoms with Crippen molar-refractivity contribution in [2.45, 2.75) is 39.5 Å². The fraction of sp³-hybridized carbons (Fsp3) is 0.375. The Morgan fingerprint density at radius 1 is 1.15 bits per heavy atom. The first kappa shape index (κ1) is 14.3. The molecule has 20 heavy (non-hydrogen) atoms. The van der Waals surface area contributed by atoms with Crippen LogP contribution in [0.1, 0.15) is 39.1 Å². The number of anilines is 3. The van der Waals surface area contributed by atoms with Gasteiger partial charge in [0.25, 0.3) is 0 Å². The lowest BCUT2D eigenvalue weighted by molar-refractivity contribution is 0.592. The first-order chi connectivity index (χ1) is 9.40. The molecular weight excluding hydrogens is 248 g/mol. The molecule has 0 atom stereocenters. The van der Waals surface area contributed by atoms with Crippen LogP contribution in [0, 0.1) is 0 Å². The maximum atomic E-state index is 5.82. The Hall–Kier alpha value is -2.10. The monoisotopic (exact) mass is 270 g/mol. The van der Waals surface area contributed by atoms with Gasteiger partial charge in [0, 0.05) is 18.2 Å². The van der Waals surface area contributed by atoms with Crippen LogP contribution < -0.4 is 11.1 Å². The van der Waals surface area contributed by atoms with Gasteiger partial charge in [-0.05, 0) is 17.0 Å². The lowest BCUT2D eigenvalue weighted by Gasteiger charge is -2.23. The van der Waals surface area contributed by atoms with E-state index in [-0.39, 0.29) is 5.41 Å². The summed E-state index contributed by atoms with van der Waals surface area (Å²) in [5, 5.41) is 3.36. The number of nitrogen functional groups attached to an aromatic ring is 1. The highest BCUT2D eigenvalue weighted by Crippen LogP contribution is 2.31. The third-order valence-electron chi connectivity index (χ3n) is 3.11. The molecule has 3 N–H and O–H groups in total. The van der Waals surface area contributed by atoms with Crippen molar-refractivity contribution in [3.05, 3.63) is 41.7 Å². The highest BCUT2D eigenvalue weighted by Gasteiger charge is 2.17. The fourth-order valence-electron chi connectivity index (χ4n) is 2.12. The molecular formula is C16H22N4. The highest BCUT2D eigenvalue weighted by molar-refractivity contribution is 5.63. The largest absolute Gasteiger partial charge is 0.384 e. The van der Waals surface area contributed by atoms with Gasteiger partial charge in [0.05, 0.1) is 0 Å². The number of hydrogen-bond donors (Lipinski definition) is 2. The molecule has 1 heterocycles. The molecule has 0 radical (unpaired) electrons. The number of hydrogen-bond acceptors (Lipinski definition) is 4. The Kier molecular flexibility index (Phi) is 3.93. The van der Waals surface area contributed by atoms with E-state index in [2.05, 4.69) is 54.3 Å². The Morgan fingerprint density at radius 3 is 2.50 bits per heavy atom. The molecule has 0 amide bonds. The van der Waals surface area contributed by atoms with Gasteiger partial charge in [0.15, 0.2) is 0 Å². The molecule has 0 aliphatic rings. The van der Waals surface area contributed by atoms with Crippen LogP contribution in [0.4, 0.5) is 17.3 Å². The molecule has 1 aromatic heterocycles. The molecule has 2 rings (SSSR count). The number of nitrogens with one attached hydrogen (secondary N) is 1. The SMILES string of the molecule is CCc1nc(N)cc(Nc2ccccc2C(C)(C)C)n1. The van der Waals surface area contributed by atoms with Crippen molar-refractivity contribution in [1.29, 1.82) is 0 Å². The van der Waals surface area contributed by atoms with E-state index in [0.717, 1.165) is 23.8 Å². The zero-order valence-corrected chi connectivity index (χ0v) is 12.6. The van der Waals surface area contributed by atoms with E-state index in [1.807, 2.05) is 13.0 Å². The van der Waals surface area contributed by atoms with Gasteiger partial charge in [-0.1, -0.05) is 45.9 Å². The van der Waals surface area contributed by atoms with Crippen LogP contribution in [-0.4, -0.2) is 9.97 Å². The summed E-state index contributed by atoms with van der Waals surface area (Å²) in [6.07, 6.45) is 0.765. The second-order valence-corrected chi connectivity index (χ2v) is 5.87. The van der Waals surface area contributed by atoms with E-state index in [4.69, 9.17) is 5.73 Å². The topological polar surface area (TPSA) is 63.8 Å². The second kappa shape index (κ2) is 5.49. The molecule has 0 unspecified atom stereocenters. The third kappa shape index (κ3) is 3.26. The molecule has 0 bridgehead atoms. The maximum Gasteiger partial charge on any atom is 0.136 e. The predicted molar refractivity (Wildman–Crippen MR) is 84.2 cm³/mol. The first-order valence-electron chi connectivity index (χ1n) is 6.90. The van der Waals surface area contributed by atoms with Crippen LogP contribution in [-0.2, 0) is 11.8 Å². The zero-order chi connectivity index (χ0) is 14.8. The number of benzene rings is 1. The molecule has 0 saturated heterocycles. The van der Waals surface area contributed by atoms with Gasteiger partial charge in [0.1, 0.15) is 17.5 Å². The van der Waals surface area contributed by atoms with E-state index in [0.29, 0.717) is 5.82 Å². The van der Waals surface area contributed by atoms with Crippen LogP contribution in [0.15, 0.2) is 30.3 Å². The lowest BCUT2D eigenvalue weighted by atomic mass is 9.86. The Morgan fingerprint density at radius 2 is 1.85 bits per heavy atom. The van der Waals surface area contributed by atoms with Crippen molar-refractivity contribution in [1.82, 2.24) is 9.97 Å². The van der Waals surface area contributed by atoms with Crippen molar-refractivity contribution >= 4 is 17.3 Å². The molecule has 0 spiro atoms. The van der Waals surface area contributed by atoms with E-state index in [1.165, 1.54) is 5.56 Å². The van der Waals surface area contributed by atoms with Crippen LogP contribution in [0.2, 0.25) is 0 Å². The third-order valence-corrected chi connectivity index (χ3v) is 3.11. The summed E-state index contributed by atoms with van der Waals surface area (Å²) in [7, 11) is 0. The Labute approximate surface area is 120 Å². The molecule has 0 aliphatic heterocycles. The summed E-state index contributed by atoms with van der Waals surface area (Å²) in [6, 6.07) is 10.0. The minimum Gasteiger partial charge on any atom is -0.384 e. The van der Waals surface area contributed by atoms with Gasteiger partial charge < -0.3 is 11.1 Å². The lowest BCUT2D eigenvalue weighted by Crippen LogP contribution is -2.14.